The van der Waals surface area contributed by atoms with Crippen LogP contribution in [0.3, 0.4) is 0 Å². The van der Waals surface area contributed by atoms with Crippen LogP contribution in [0.4, 0.5) is 5.69 Å². The summed E-state index contributed by atoms with van der Waals surface area (Å²) in [6.45, 7) is 2.89. The number of hydrogen-bond donors (Lipinski definition) is 0. The Kier molecular flexibility index (Phi) is 3.10. The number of piperidine rings is 1. The molecule has 1 amide bonds. The number of anilines is 1. The summed E-state index contributed by atoms with van der Waals surface area (Å²) in [5.41, 5.74) is 2.23. The highest BCUT2D eigenvalue weighted by molar-refractivity contribution is 9.10. The summed E-state index contributed by atoms with van der Waals surface area (Å²) in [5.74, 6) is 0.185. The number of amides is 1. The van der Waals surface area contributed by atoms with Gasteiger partial charge in [-0.2, -0.15) is 0 Å². The lowest BCUT2D eigenvalue weighted by molar-refractivity contribution is -0.118. The molecule has 2 rings (SSSR count). The van der Waals surface area contributed by atoms with Gasteiger partial charge in [-0.25, -0.2) is 0 Å². The molecule has 0 saturated carbocycles. The zero-order valence-corrected chi connectivity index (χ0v) is 10.3. The van der Waals surface area contributed by atoms with Crippen molar-refractivity contribution in [3.05, 3.63) is 29.8 Å². The molecule has 0 aliphatic carbocycles. The van der Waals surface area contributed by atoms with E-state index in [-0.39, 0.29) is 10.7 Å². The molecule has 0 bridgehead atoms. The Balaban J connectivity index is 2.22. The second-order valence-electron chi connectivity index (χ2n) is 3.94. The van der Waals surface area contributed by atoms with Crippen LogP contribution in [0.1, 0.15) is 18.4 Å². The molecule has 1 aliphatic heterocycles. The van der Waals surface area contributed by atoms with E-state index in [4.69, 9.17) is 0 Å². The van der Waals surface area contributed by atoms with E-state index in [2.05, 4.69) is 22.9 Å². The molecule has 3 heteroatoms. The fraction of sp³-hybridized carbons (Fsp3) is 0.417. The topological polar surface area (TPSA) is 20.3 Å². The van der Waals surface area contributed by atoms with Crippen molar-refractivity contribution in [2.75, 3.05) is 11.4 Å². The largest absolute Gasteiger partial charge is 0.311 e. The van der Waals surface area contributed by atoms with Gasteiger partial charge >= 0.3 is 0 Å². The zero-order valence-electron chi connectivity index (χ0n) is 8.74. The van der Waals surface area contributed by atoms with E-state index in [1.165, 1.54) is 5.56 Å². The summed E-state index contributed by atoms with van der Waals surface area (Å²) >= 11 is 3.41. The average molecular weight is 268 g/mol. The summed E-state index contributed by atoms with van der Waals surface area (Å²) in [6.07, 6.45) is 2.01. The van der Waals surface area contributed by atoms with E-state index in [1.807, 2.05) is 29.2 Å². The Bertz CT molecular complexity index is 360. The number of benzene rings is 1. The minimum Gasteiger partial charge on any atom is -0.311 e. The van der Waals surface area contributed by atoms with Crippen LogP contribution < -0.4 is 4.90 Å². The molecule has 0 unspecified atom stereocenters. The summed E-state index contributed by atoms with van der Waals surface area (Å²) in [4.78, 5) is 13.7. The molecule has 1 atom stereocenters. The van der Waals surface area contributed by atoms with Crippen molar-refractivity contribution in [1.29, 1.82) is 0 Å². The molecule has 0 aromatic heterocycles. The smallest absolute Gasteiger partial charge is 0.240 e. The Morgan fingerprint density at radius 3 is 2.67 bits per heavy atom. The lowest BCUT2D eigenvalue weighted by Crippen LogP contribution is -2.41. The SMILES string of the molecule is Cc1ccc(N2CCC[C@H](Br)C2=O)cc1. The van der Waals surface area contributed by atoms with Gasteiger partial charge < -0.3 is 4.90 Å². The first-order valence-corrected chi connectivity index (χ1v) is 6.12. The van der Waals surface area contributed by atoms with Gasteiger partial charge in [0.1, 0.15) is 0 Å². The number of rotatable bonds is 1. The molecule has 1 heterocycles. The second-order valence-corrected chi connectivity index (χ2v) is 5.04. The highest BCUT2D eigenvalue weighted by Crippen LogP contribution is 2.24. The van der Waals surface area contributed by atoms with Crippen LogP contribution in [0.25, 0.3) is 0 Å². The van der Waals surface area contributed by atoms with Crippen molar-refractivity contribution in [2.45, 2.75) is 24.6 Å². The van der Waals surface area contributed by atoms with E-state index < -0.39 is 0 Å². The van der Waals surface area contributed by atoms with Crippen molar-refractivity contribution < 1.29 is 4.79 Å². The van der Waals surface area contributed by atoms with E-state index in [0.29, 0.717) is 0 Å². The van der Waals surface area contributed by atoms with Gasteiger partial charge in [0.05, 0.1) is 4.83 Å². The van der Waals surface area contributed by atoms with Gasteiger partial charge in [0, 0.05) is 12.2 Å². The third kappa shape index (κ3) is 2.23. The first-order chi connectivity index (χ1) is 7.18. The van der Waals surface area contributed by atoms with Crippen LogP contribution in [0, 0.1) is 6.92 Å². The molecule has 1 fully saturated rings. The first kappa shape index (κ1) is 10.7. The Morgan fingerprint density at radius 2 is 2.00 bits per heavy atom. The molecule has 15 heavy (non-hydrogen) atoms. The molecule has 80 valence electrons. The summed E-state index contributed by atoms with van der Waals surface area (Å²) < 4.78 is 0. The monoisotopic (exact) mass is 267 g/mol. The van der Waals surface area contributed by atoms with Gasteiger partial charge in [0.15, 0.2) is 0 Å². The maximum Gasteiger partial charge on any atom is 0.240 e. The number of aryl methyl sites for hydroxylation is 1. The number of carbonyl (C=O) groups is 1. The molecule has 1 aromatic carbocycles. The van der Waals surface area contributed by atoms with Gasteiger partial charge in [-0.15, -0.1) is 0 Å². The third-order valence-electron chi connectivity index (χ3n) is 2.72. The Hall–Kier alpha value is -0.830. The van der Waals surface area contributed by atoms with Crippen molar-refractivity contribution >= 4 is 27.5 Å². The quantitative estimate of drug-likeness (QED) is 0.717. The molecule has 0 radical (unpaired) electrons. The molecule has 2 nitrogen and oxygen atoms in total. The zero-order chi connectivity index (χ0) is 10.8. The number of nitrogens with zero attached hydrogens (tertiary/aromatic N) is 1. The Labute approximate surface area is 98.4 Å². The van der Waals surface area contributed by atoms with Gasteiger partial charge in [-0.1, -0.05) is 33.6 Å². The van der Waals surface area contributed by atoms with Crippen LogP contribution >= 0.6 is 15.9 Å². The van der Waals surface area contributed by atoms with Crippen molar-refractivity contribution in [3.63, 3.8) is 0 Å². The standard InChI is InChI=1S/C12H14BrNO/c1-9-4-6-10(7-5-9)14-8-2-3-11(13)12(14)15/h4-7,11H,2-3,8H2,1H3/t11-/m0/s1. The fourth-order valence-corrected chi connectivity index (χ4v) is 2.38. The summed E-state index contributed by atoms with van der Waals surface area (Å²) in [7, 11) is 0. The van der Waals surface area contributed by atoms with Crippen LogP contribution in [0.2, 0.25) is 0 Å². The van der Waals surface area contributed by atoms with Gasteiger partial charge in [-0.3, -0.25) is 4.79 Å². The van der Waals surface area contributed by atoms with Crippen LogP contribution in [0.5, 0.6) is 0 Å². The molecule has 1 saturated heterocycles. The Morgan fingerprint density at radius 1 is 1.33 bits per heavy atom. The number of alkyl halides is 1. The van der Waals surface area contributed by atoms with Crippen molar-refractivity contribution in [3.8, 4) is 0 Å². The minimum atomic E-state index is -0.00690. The van der Waals surface area contributed by atoms with Crippen LogP contribution in [-0.2, 0) is 4.79 Å². The predicted molar refractivity (Wildman–Crippen MR) is 65.5 cm³/mol. The third-order valence-corrected chi connectivity index (χ3v) is 3.57. The highest BCUT2D eigenvalue weighted by atomic mass is 79.9. The lowest BCUT2D eigenvalue weighted by Gasteiger charge is -2.29. The van der Waals surface area contributed by atoms with Gasteiger partial charge in [0.25, 0.3) is 0 Å². The van der Waals surface area contributed by atoms with E-state index in [9.17, 15) is 4.79 Å². The van der Waals surface area contributed by atoms with Crippen LogP contribution in [0.15, 0.2) is 24.3 Å². The highest BCUT2D eigenvalue weighted by Gasteiger charge is 2.27. The maximum atomic E-state index is 11.9. The van der Waals surface area contributed by atoms with Crippen molar-refractivity contribution in [1.82, 2.24) is 0 Å². The van der Waals surface area contributed by atoms with E-state index >= 15 is 0 Å². The van der Waals surface area contributed by atoms with Crippen LogP contribution in [-0.4, -0.2) is 17.3 Å². The first-order valence-electron chi connectivity index (χ1n) is 5.20. The summed E-state index contributed by atoms with van der Waals surface area (Å²) in [6, 6.07) is 8.11. The van der Waals surface area contributed by atoms with E-state index in [0.717, 1.165) is 25.1 Å². The van der Waals surface area contributed by atoms with Crippen molar-refractivity contribution in [2.24, 2.45) is 0 Å². The minimum absolute atomic E-state index is 0.00690. The lowest BCUT2D eigenvalue weighted by atomic mass is 10.1. The molecule has 0 spiro atoms. The fourth-order valence-electron chi connectivity index (χ4n) is 1.81. The number of carbonyl (C=O) groups excluding carboxylic acids is 1. The molecular formula is C12H14BrNO. The van der Waals surface area contributed by atoms with Gasteiger partial charge in [0.2, 0.25) is 5.91 Å². The summed E-state index contributed by atoms with van der Waals surface area (Å²) in [5, 5.41) is 0. The number of hydrogen-bond acceptors (Lipinski definition) is 1. The second kappa shape index (κ2) is 4.35. The number of halogens is 1. The van der Waals surface area contributed by atoms with E-state index in [1.54, 1.807) is 0 Å². The molecule has 0 N–H and O–H groups in total. The molecule has 1 aliphatic rings. The average Bonchev–Trinajstić information content (AvgIpc) is 2.24. The maximum absolute atomic E-state index is 11.9. The normalized spacial score (nSPS) is 21.9. The predicted octanol–water partition coefficient (Wildman–Crippen LogP) is 2.89. The molecule has 1 aromatic rings. The van der Waals surface area contributed by atoms with Gasteiger partial charge in [-0.05, 0) is 31.9 Å². The molecular weight excluding hydrogens is 254 g/mol.